The topological polar surface area (TPSA) is 91.2 Å². The van der Waals surface area contributed by atoms with Gasteiger partial charge in [-0.3, -0.25) is 9.59 Å². The van der Waals surface area contributed by atoms with E-state index in [1.54, 1.807) is 12.1 Å². The number of hydrogen-bond donors (Lipinski definition) is 2. The van der Waals surface area contributed by atoms with E-state index in [1.165, 1.54) is 0 Å². The van der Waals surface area contributed by atoms with Crippen molar-refractivity contribution in [3.63, 3.8) is 0 Å². The first kappa shape index (κ1) is 19.0. The van der Waals surface area contributed by atoms with Crippen LogP contribution in [0, 0.1) is 11.3 Å². The second-order valence-electron chi connectivity index (χ2n) is 5.58. The van der Waals surface area contributed by atoms with E-state index >= 15 is 0 Å². The van der Waals surface area contributed by atoms with Crippen molar-refractivity contribution in [3.05, 3.63) is 60.2 Å². The lowest BCUT2D eigenvalue weighted by molar-refractivity contribution is -0.120. The summed E-state index contributed by atoms with van der Waals surface area (Å²) in [5, 5.41) is 14.0. The molecule has 6 nitrogen and oxygen atoms in total. The highest BCUT2D eigenvalue weighted by Gasteiger charge is 2.08. The lowest BCUT2D eigenvalue weighted by atomic mass is 10.1. The molecule has 0 radical (unpaired) electrons. The van der Waals surface area contributed by atoms with E-state index in [0.717, 1.165) is 11.3 Å². The smallest absolute Gasteiger partial charge is 0.234 e. The van der Waals surface area contributed by atoms with Gasteiger partial charge >= 0.3 is 0 Å². The third-order valence-electron chi connectivity index (χ3n) is 3.57. The number of nitrogens with zero attached hydrogens (tertiary/aromatic N) is 1. The molecule has 0 aliphatic carbocycles. The molecule has 0 aromatic heterocycles. The van der Waals surface area contributed by atoms with Crippen molar-refractivity contribution in [2.45, 2.75) is 25.8 Å². The fourth-order valence-corrected chi connectivity index (χ4v) is 2.28. The zero-order valence-electron chi connectivity index (χ0n) is 14.4. The molecule has 0 heterocycles. The summed E-state index contributed by atoms with van der Waals surface area (Å²) in [6, 6.07) is 18.5. The molecule has 0 aliphatic rings. The first-order chi connectivity index (χ1) is 12.7. The maximum Gasteiger partial charge on any atom is 0.234 e. The molecule has 134 valence electrons. The van der Waals surface area contributed by atoms with Gasteiger partial charge in [-0.1, -0.05) is 36.4 Å². The zero-order valence-corrected chi connectivity index (χ0v) is 14.4. The van der Waals surface area contributed by atoms with Gasteiger partial charge in [-0.25, -0.2) is 0 Å². The van der Waals surface area contributed by atoms with E-state index in [1.807, 2.05) is 48.5 Å². The number of para-hydroxylation sites is 2. The van der Waals surface area contributed by atoms with E-state index in [9.17, 15) is 9.59 Å². The van der Waals surface area contributed by atoms with E-state index in [-0.39, 0.29) is 24.8 Å². The van der Waals surface area contributed by atoms with Crippen LogP contribution in [0.25, 0.3) is 0 Å². The lowest BCUT2D eigenvalue weighted by Gasteiger charge is -2.12. The van der Waals surface area contributed by atoms with Gasteiger partial charge in [0.2, 0.25) is 11.8 Å². The summed E-state index contributed by atoms with van der Waals surface area (Å²) < 4.78 is 5.56. The van der Waals surface area contributed by atoms with Crippen LogP contribution in [0.4, 0.5) is 5.69 Å². The molecular weight excluding hydrogens is 330 g/mol. The second-order valence-corrected chi connectivity index (χ2v) is 5.58. The van der Waals surface area contributed by atoms with Crippen molar-refractivity contribution in [1.29, 1.82) is 5.26 Å². The molecule has 0 aliphatic heterocycles. The van der Waals surface area contributed by atoms with Crippen molar-refractivity contribution < 1.29 is 14.3 Å². The standard InChI is InChI=1S/C20H21N3O3/c21-13-12-19(24)22-15-16-7-4-5-10-18(16)23-20(25)11-6-14-26-17-8-2-1-3-9-17/h1-5,7-10H,6,11-12,14-15H2,(H,22,24)(H,23,25). The maximum atomic E-state index is 12.1. The molecule has 0 spiro atoms. The van der Waals surface area contributed by atoms with Crippen LogP contribution in [-0.2, 0) is 16.1 Å². The molecule has 0 saturated heterocycles. The van der Waals surface area contributed by atoms with Crippen LogP contribution >= 0.6 is 0 Å². The Kier molecular flexibility index (Phi) is 7.69. The Balaban J connectivity index is 1.77. The van der Waals surface area contributed by atoms with E-state index in [0.29, 0.717) is 25.1 Å². The Bertz CT molecular complexity index is 769. The van der Waals surface area contributed by atoms with Gasteiger partial charge < -0.3 is 15.4 Å². The highest BCUT2D eigenvalue weighted by Crippen LogP contribution is 2.15. The summed E-state index contributed by atoms with van der Waals surface area (Å²) in [6.07, 6.45) is 0.750. The third kappa shape index (κ3) is 6.65. The molecule has 0 atom stereocenters. The van der Waals surface area contributed by atoms with E-state index in [4.69, 9.17) is 10.00 Å². The highest BCUT2D eigenvalue weighted by molar-refractivity contribution is 5.91. The van der Waals surface area contributed by atoms with Crippen molar-refractivity contribution >= 4 is 17.5 Å². The molecule has 26 heavy (non-hydrogen) atoms. The normalized spacial score (nSPS) is 9.81. The largest absolute Gasteiger partial charge is 0.494 e. The Morgan fingerprint density at radius 1 is 1.00 bits per heavy atom. The Labute approximate surface area is 152 Å². The van der Waals surface area contributed by atoms with Crippen molar-refractivity contribution in [3.8, 4) is 11.8 Å². The summed E-state index contributed by atoms with van der Waals surface area (Å²) in [4.78, 5) is 23.5. The predicted molar refractivity (Wildman–Crippen MR) is 98.3 cm³/mol. The number of nitrogens with one attached hydrogen (secondary N) is 2. The van der Waals surface area contributed by atoms with Crippen LogP contribution in [0.15, 0.2) is 54.6 Å². The maximum absolute atomic E-state index is 12.1. The van der Waals surface area contributed by atoms with Crippen LogP contribution in [0.1, 0.15) is 24.8 Å². The molecule has 0 saturated carbocycles. The predicted octanol–water partition coefficient (Wildman–Crippen LogP) is 3.01. The molecule has 2 N–H and O–H groups in total. The molecular formula is C20H21N3O3. The summed E-state index contributed by atoms with van der Waals surface area (Å²) in [6.45, 7) is 0.720. The van der Waals surface area contributed by atoms with Crippen LogP contribution in [0.3, 0.4) is 0 Å². The number of nitriles is 1. The monoisotopic (exact) mass is 351 g/mol. The molecule has 2 rings (SSSR count). The van der Waals surface area contributed by atoms with E-state index < -0.39 is 0 Å². The van der Waals surface area contributed by atoms with Gasteiger partial charge in [0.25, 0.3) is 0 Å². The highest BCUT2D eigenvalue weighted by atomic mass is 16.5. The number of rotatable bonds is 9. The van der Waals surface area contributed by atoms with Crippen LogP contribution in [0.2, 0.25) is 0 Å². The van der Waals surface area contributed by atoms with Crippen molar-refractivity contribution in [2.24, 2.45) is 0 Å². The van der Waals surface area contributed by atoms with Crippen LogP contribution in [0.5, 0.6) is 5.75 Å². The van der Waals surface area contributed by atoms with Crippen LogP contribution < -0.4 is 15.4 Å². The molecule has 0 bridgehead atoms. The SMILES string of the molecule is N#CCC(=O)NCc1ccccc1NC(=O)CCCOc1ccccc1. The molecule has 6 heteroatoms. The number of carbonyl (C=O) groups excluding carboxylic acids is 2. The van der Waals surface area contributed by atoms with Gasteiger partial charge in [0.15, 0.2) is 0 Å². The van der Waals surface area contributed by atoms with Crippen molar-refractivity contribution in [1.82, 2.24) is 5.32 Å². The summed E-state index contributed by atoms with van der Waals surface area (Å²) in [5.41, 5.74) is 1.44. The Hall–Kier alpha value is -3.33. The van der Waals surface area contributed by atoms with Crippen LogP contribution in [-0.4, -0.2) is 18.4 Å². The third-order valence-corrected chi connectivity index (χ3v) is 3.57. The minimum Gasteiger partial charge on any atom is -0.494 e. The Morgan fingerprint density at radius 3 is 2.50 bits per heavy atom. The van der Waals surface area contributed by atoms with Gasteiger partial charge in [-0.15, -0.1) is 0 Å². The molecule has 0 unspecified atom stereocenters. The summed E-state index contributed by atoms with van der Waals surface area (Å²) in [7, 11) is 0. The second kappa shape index (κ2) is 10.5. The fraction of sp³-hybridized carbons (Fsp3) is 0.250. The van der Waals surface area contributed by atoms with E-state index in [2.05, 4.69) is 10.6 Å². The fourth-order valence-electron chi connectivity index (χ4n) is 2.28. The molecule has 2 amide bonds. The number of hydrogen-bond acceptors (Lipinski definition) is 4. The average Bonchev–Trinajstić information content (AvgIpc) is 2.66. The minimum absolute atomic E-state index is 0.113. The zero-order chi connectivity index (χ0) is 18.6. The molecule has 2 aromatic rings. The quantitative estimate of drug-likeness (QED) is 0.679. The number of benzene rings is 2. The minimum atomic E-state index is -0.341. The van der Waals surface area contributed by atoms with Gasteiger partial charge in [0.05, 0.1) is 12.7 Å². The number of carbonyl (C=O) groups is 2. The van der Waals surface area contributed by atoms with Gasteiger partial charge in [-0.2, -0.15) is 5.26 Å². The summed E-state index contributed by atoms with van der Waals surface area (Å²) in [5.74, 6) is 0.329. The van der Waals surface area contributed by atoms with Crippen molar-refractivity contribution in [2.75, 3.05) is 11.9 Å². The number of anilines is 1. The first-order valence-corrected chi connectivity index (χ1v) is 8.38. The number of amides is 2. The average molecular weight is 351 g/mol. The molecule has 0 fully saturated rings. The number of ether oxygens (including phenoxy) is 1. The van der Waals surface area contributed by atoms with Gasteiger partial charge in [-0.05, 0) is 30.2 Å². The summed E-state index contributed by atoms with van der Waals surface area (Å²) >= 11 is 0. The first-order valence-electron chi connectivity index (χ1n) is 8.38. The lowest BCUT2D eigenvalue weighted by Crippen LogP contribution is -2.23. The molecule has 2 aromatic carbocycles. The van der Waals surface area contributed by atoms with Gasteiger partial charge in [0, 0.05) is 18.7 Å². The Morgan fingerprint density at radius 2 is 1.73 bits per heavy atom. The van der Waals surface area contributed by atoms with Gasteiger partial charge in [0.1, 0.15) is 12.2 Å².